The van der Waals surface area contributed by atoms with Gasteiger partial charge in [0.05, 0.1) is 28.5 Å². The molecule has 1 saturated heterocycles. The highest BCUT2D eigenvalue weighted by Crippen LogP contribution is 2.26. The summed E-state index contributed by atoms with van der Waals surface area (Å²) in [6.07, 6.45) is 2.25. The van der Waals surface area contributed by atoms with Gasteiger partial charge in [-0.25, -0.2) is 9.59 Å². The summed E-state index contributed by atoms with van der Waals surface area (Å²) in [7, 11) is 0. The molecule has 4 aromatic rings. The Kier molecular flexibility index (Phi) is 8.90. The third kappa shape index (κ3) is 6.77. The molecule has 0 aliphatic carbocycles. The molecule has 1 fully saturated rings. The molecule has 1 aliphatic heterocycles. The van der Waals surface area contributed by atoms with Gasteiger partial charge in [-0.2, -0.15) is 0 Å². The predicted octanol–water partition coefficient (Wildman–Crippen LogP) is 2.23. The van der Waals surface area contributed by atoms with Gasteiger partial charge in [0.15, 0.2) is 0 Å². The molecular weight excluding hydrogens is 528 g/mol. The van der Waals surface area contributed by atoms with Crippen LogP contribution in [0.25, 0.3) is 22.1 Å². The normalized spacial score (nSPS) is 15.2. The van der Waals surface area contributed by atoms with Crippen molar-refractivity contribution in [2.24, 2.45) is 5.73 Å². The fourth-order valence-corrected chi connectivity index (χ4v) is 5.10. The van der Waals surface area contributed by atoms with E-state index in [0.717, 1.165) is 61.0 Å². The molecule has 39 heavy (non-hydrogen) atoms. The van der Waals surface area contributed by atoms with Crippen molar-refractivity contribution in [3.63, 3.8) is 0 Å². The van der Waals surface area contributed by atoms with E-state index in [-0.39, 0.29) is 17.4 Å². The number of fused-ring (bicyclic) bond motifs is 2. The lowest BCUT2D eigenvalue weighted by Crippen LogP contribution is -2.37. The van der Waals surface area contributed by atoms with E-state index >= 15 is 0 Å². The summed E-state index contributed by atoms with van der Waals surface area (Å²) >= 11 is 6.05. The number of hydrogen-bond donors (Lipinski definition) is 5. The van der Waals surface area contributed by atoms with Gasteiger partial charge in [-0.05, 0) is 56.1 Å². The van der Waals surface area contributed by atoms with Gasteiger partial charge >= 0.3 is 23.3 Å². The number of carboxylic acids is 2. The first-order valence-electron chi connectivity index (χ1n) is 12.6. The molecule has 13 heteroatoms. The van der Waals surface area contributed by atoms with Gasteiger partial charge in [-0.3, -0.25) is 18.7 Å². The minimum Gasteiger partial charge on any atom is -0.481 e. The van der Waals surface area contributed by atoms with E-state index < -0.39 is 24.4 Å². The number of piperidine rings is 1. The van der Waals surface area contributed by atoms with Gasteiger partial charge in [-0.15, -0.1) is 0 Å². The number of nitrogens with zero attached hydrogens (tertiary/aromatic N) is 3. The van der Waals surface area contributed by atoms with Crippen molar-refractivity contribution < 1.29 is 19.8 Å². The van der Waals surface area contributed by atoms with Crippen LogP contribution >= 0.6 is 11.6 Å². The summed E-state index contributed by atoms with van der Waals surface area (Å²) in [4.78, 5) is 52.6. The first-order chi connectivity index (χ1) is 18.6. The second-order valence-electron chi connectivity index (χ2n) is 9.53. The summed E-state index contributed by atoms with van der Waals surface area (Å²) in [5.74, 6) is -2.50. The Labute approximate surface area is 227 Å². The van der Waals surface area contributed by atoms with Crippen LogP contribution in [-0.4, -0.2) is 71.8 Å². The highest BCUT2D eigenvalue weighted by molar-refractivity contribution is 6.31. The highest BCUT2D eigenvalue weighted by atomic mass is 35.5. The third-order valence-electron chi connectivity index (χ3n) is 6.85. The largest absolute Gasteiger partial charge is 0.481 e. The van der Waals surface area contributed by atoms with Crippen LogP contribution in [0.15, 0.2) is 52.1 Å². The van der Waals surface area contributed by atoms with Crippen LogP contribution in [-0.2, 0) is 16.1 Å². The smallest absolute Gasteiger partial charge is 0.326 e. The molecule has 208 valence electrons. The Hall–Kier alpha value is -3.87. The second kappa shape index (κ2) is 12.3. The van der Waals surface area contributed by atoms with Crippen molar-refractivity contribution in [3.05, 3.63) is 68.5 Å². The van der Waals surface area contributed by atoms with Gasteiger partial charge < -0.3 is 30.8 Å². The number of halogens is 1. The fraction of sp³-hybridized carbons (Fsp3) is 0.385. The lowest BCUT2D eigenvalue weighted by molar-refractivity contribution is -0.144. The van der Waals surface area contributed by atoms with E-state index in [1.807, 2.05) is 45.5 Å². The van der Waals surface area contributed by atoms with Gasteiger partial charge in [0.2, 0.25) is 0 Å². The van der Waals surface area contributed by atoms with Crippen molar-refractivity contribution in [1.29, 1.82) is 0 Å². The molecule has 2 aromatic carbocycles. The number of hydrogen-bond acceptors (Lipinski definition) is 6. The summed E-state index contributed by atoms with van der Waals surface area (Å²) in [6, 6.07) is 12.2. The van der Waals surface area contributed by atoms with Crippen molar-refractivity contribution in [3.8, 4) is 0 Å². The molecule has 1 atom stereocenters. The zero-order chi connectivity index (χ0) is 28.1. The number of aromatic nitrogens is 4. The SMILES string of the molecule is N[C@@H](CC(=O)O)C(=O)O.O=c1[nH]c2ccccc2n1CCCN1CCC(n2c(=O)[nH]c3cc(Cl)ccc32)CC1. The van der Waals surface area contributed by atoms with Gasteiger partial charge in [0, 0.05) is 30.7 Å². The number of aryl methyl sites for hydroxylation is 1. The van der Waals surface area contributed by atoms with Crippen molar-refractivity contribution in [2.45, 2.75) is 44.3 Å². The maximum atomic E-state index is 12.5. The number of aromatic amines is 2. The monoisotopic (exact) mass is 558 g/mol. The molecular formula is C26H31ClN6O6. The topological polar surface area (TPSA) is 179 Å². The lowest BCUT2D eigenvalue weighted by Gasteiger charge is -2.32. The Morgan fingerprint density at radius 1 is 0.974 bits per heavy atom. The average molecular weight is 559 g/mol. The summed E-state index contributed by atoms with van der Waals surface area (Å²) in [5, 5.41) is 16.7. The summed E-state index contributed by atoms with van der Waals surface area (Å²) < 4.78 is 3.70. The van der Waals surface area contributed by atoms with E-state index in [2.05, 4.69) is 14.9 Å². The predicted molar refractivity (Wildman–Crippen MR) is 147 cm³/mol. The third-order valence-corrected chi connectivity index (χ3v) is 7.09. The molecule has 0 unspecified atom stereocenters. The number of carboxylic acid groups (broad SMARTS) is 2. The first-order valence-corrected chi connectivity index (χ1v) is 13.0. The van der Waals surface area contributed by atoms with Crippen LogP contribution < -0.4 is 17.1 Å². The van der Waals surface area contributed by atoms with Crippen LogP contribution in [0.1, 0.15) is 31.7 Å². The Bertz CT molecular complexity index is 1580. The number of rotatable bonds is 8. The molecule has 6 N–H and O–H groups in total. The van der Waals surface area contributed by atoms with Crippen LogP contribution in [0.3, 0.4) is 0 Å². The lowest BCUT2D eigenvalue weighted by atomic mass is 10.0. The number of benzene rings is 2. The molecule has 1 aliphatic rings. The number of likely N-dealkylation sites (tertiary alicyclic amines) is 1. The highest BCUT2D eigenvalue weighted by Gasteiger charge is 2.23. The standard InChI is InChI=1S/C22H24ClN5O2.C4H7NO4/c23-15-6-7-20-18(14-15)25-22(30)28(20)16-8-12-26(13-9-16)10-3-11-27-19-5-2-1-4-17(19)24-21(27)29;5-2(4(8)9)1-3(6)7/h1-2,4-7,14,16H,3,8-13H2,(H,24,29)(H,25,30);2H,1,5H2,(H,6,7)(H,8,9)/t;2-/m.0/s1. The number of carbonyl (C=O) groups is 2. The number of aliphatic carboxylic acids is 2. The van der Waals surface area contributed by atoms with Gasteiger partial charge in [0.1, 0.15) is 6.04 Å². The van der Waals surface area contributed by atoms with E-state index in [4.69, 9.17) is 27.5 Å². The number of imidazole rings is 2. The molecule has 0 saturated carbocycles. The molecule has 12 nitrogen and oxygen atoms in total. The average Bonchev–Trinajstić information content (AvgIpc) is 3.39. The van der Waals surface area contributed by atoms with Crippen LogP contribution in [0.4, 0.5) is 0 Å². The van der Waals surface area contributed by atoms with Gasteiger partial charge in [0.25, 0.3) is 0 Å². The molecule has 0 bridgehead atoms. The van der Waals surface area contributed by atoms with Crippen molar-refractivity contribution in [1.82, 2.24) is 24.0 Å². The molecule has 0 amide bonds. The number of nitrogens with one attached hydrogen (secondary N) is 2. The Morgan fingerprint density at radius 2 is 1.67 bits per heavy atom. The van der Waals surface area contributed by atoms with Crippen LogP contribution in [0.2, 0.25) is 5.02 Å². The molecule has 0 radical (unpaired) electrons. The maximum absolute atomic E-state index is 12.5. The van der Waals surface area contributed by atoms with E-state index in [9.17, 15) is 19.2 Å². The Balaban J connectivity index is 0.000000340. The minimum atomic E-state index is -1.29. The molecule has 2 aromatic heterocycles. The van der Waals surface area contributed by atoms with E-state index in [0.29, 0.717) is 11.6 Å². The zero-order valence-corrected chi connectivity index (χ0v) is 21.9. The van der Waals surface area contributed by atoms with Gasteiger partial charge in [-0.1, -0.05) is 23.7 Å². The van der Waals surface area contributed by atoms with Crippen LogP contribution in [0.5, 0.6) is 0 Å². The fourth-order valence-electron chi connectivity index (χ4n) is 4.92. The quantitative estimate of drug-likeness (QED) is 0.218. The minimum absolute atomic E-state index is 0.0475. The molecule has 3 heterocycles. The summed E-state index contributed by atoms with van der Waals surface area (Å²) in [5.41, 5.74) is 8.27. The number of H-pyrrole nitrogens is 2. The van der Waals surface area contributed by atoms with Crippen LogP contribution in [0, 0.1) is 0 Å². The molecule has 5 rings (SSSR count). The van der Waals surface area contributed by atoms with E-state index in [1.54, 1.807) is 6.07 Å². The molecule has 0 spiro atoms. The zero-order valence-electron chi connectivity index (χ0n) is 21.2. The summed E-state index contributed by atoms with van der Waals surface area (Å²) in [6.45, 7) is 3.53. The second-order valence-corrected chi connectivity index (χ2v) is 9.97. The van der Waals surface area contributed by atoms with E-state index in [1.165, 1.54) is 0 Å². The Morgan fingerprint density at radius 3 is 2.33 bits per heavy atom. The maximum Gasteiger partial charge on any atom is 0.326 e. The first kappa shape index (κ1) is 28.1. The number of para-hydroxylation sites is 2. The van der Waals surface area contributed by atoms with Crippen molar-refractivity contribution >= 4 is 45.6 Å². The van der Waals surface area contributed by atoms with Crippen molar-refractivity contribution in [2.75, 3.05) is 19.6 Å². The number of nitrogens with two attached hydrogens (primary N) is 1.